The minimum Gasteiger partial charge on any atom is -0.425 e. The molecular formula is C21H21NO6S. The van der Waals surface area contributed by atoms with Gasteiger partial charge in [-0.15, -0.1) is 0 Å². The molecule has 3 aromatic rings. The van der Waals surface area contributed by atoms with E-state index in [9.17, 15) is 18.0 Å². The number of carbonyl (C=O) groups is 1. The lowest BCUT2D eigenvalue weighted by atomic mass is 10.1. The first-order valence-corrected chi connectivity index (χ1v) is 10.6. The maximum Gasteiger partial charge on any atom is 0.336 e. The third-order valence-electron chi connectivity index (χ3n) is 4.42. The van der Waals surface area contributed by atoms with Crippen LogP contribution in [0.2, 0.25) is 0 Å². The van der Waals surface area contributed by atoms with E-state index in [0.717, 1.165) is 16.5 Å². The highest BCUT2D eigenvalue weighted by Gasteiger charge is 2.23. The molecule has 0 spiro atoms. The molecule has 29 heavy (non-hydrogen) atoms. The molecule has 0 aliphatic heterocycles. The molecule has 2 aromatic carbocycles. The maximum atomic E-state index is 12.4. The molecule has 0 amide bonds. The van der Waals surface area contributed by atoms with Crippen molar-refractivity contribution in [3.8, 4) is 5.75 Å². The summed E-state index contributed by atoms with van der Waals surface area (Å²) in [5.74, 6) is -0.630. The minimum absolute atomic E-state index is 0.0577. The highest BCUT2D eigenvalue weighted by Crippen LogP contribution is 2.23. The van der Waals surface area contributed by atoms with Crippen LogP contribution in [-0.2, 0) is 21.2 Å². The van der Waals surface area contributed by atoms with Crippen LogP contribution in [0.4, 0.5) is 0 Å². The Hall–Kier alpha value is -2.97. The van der Waals surface area contributed by atoms with Gasteiger partial charge in [-0.25, -0.2) is 18.0 Å². The molecule has 0 fully saturated rings. The topological polar surface area (TPSA) is 103 Å². The van der Waals surface area contributed by atoms with Crippen LogP contribution in [0.25, 0.3) is 11.0 Å². The Labute approximate surface area is 168 Å². The number of rotatable bonds is 6. The Bertz CT molecular complexity index is 1210. The molecule has 0 aliphatic rings. The monoisotopic (exact) mass is 415 g/mol. The third kappa shape index (κ3) is 4.72. The van der Waals surface area contributed by atoms with Crippen LogP contribution in [-0.4, -0.2) is 20.4 Å². The van der Waals surface area contributed by atoms with E-state index < -0.39 is 27.7 Å². The normalized spacial score (nSPS) is 12.7. The van der Waals surface area contributed by atoms with Crippen molar-refractivity contribution in [2.75, 3.05) is 0 Å². The lowest BCUT2D eigenvalue weighted by Crippen LogP contribution is -2.40. The number of nitrogens with one attached hydrogen (secondary N) is 1. The second-order valence-corrected chi connectivity index (χ2v) is 8.39. The van der Waals surface area contributed by atoms with Crippen molar-refractivity contribution >= 4 is 27.0 Å². The summed E-state index contributed by atoms with van der Waals surface area (Å²) in [7, 11) is -3.87. The summed E-state index contributed by atoms with van der Waals surface area (Å²) in [6.07, 6.45) is 0.652. The number of aryl methyl sites for hydroxylation is 2. The predicted octanol–water partition coefficient (Wildman–Crippen LogP) is 2.94. The molecule has 1 heterocycles. The van der Waals surface area contributed by atoms with Crippen molar-refractivity contribution in [2.24, 2.45) is 0 Å². The Kier molecular flexibility index (Phi) is 5.86. The van der Waals surface area contributed by atoms with E-state index in [1.807, 2.05) is 13.8 Å². The summed E-state index contributed by atoms with van der Waals surface area (Å²) in [5.41, 5.74) is 1.56. The summed E-state index contributed by atoms with van der Waals surface area (Å²) in [5, 5.41) is 0.750. The van der Waals surface area contributed by atoms with Crippen molar-refractivity contribution < 1.29 is 22.4 Å². The highest BCUT2D eigenvalue weighted by molar-refractivity contribution is 7.89. The van der Waals surface area contributed by atoms with E-state index in [4.69, 9.17) is 9.15 Å². The first kappa shape index (κ1) is 20.8. The fourth-order valence-electron chi connectivity index (χ4n) is 2.84. The second kappa shape index (κ2) is 8.18. The van der Waals surface area contributed by atoms with E-state index in [2.05, 4.69) is 4.72 Å². The zero-order valence-corrected chi connectivity index (χ0v) is 17.1. The van der Waals surface area contributed by atoms with Gasteiger partial charge < -0.3 is 9.15 Å². The molecular weight excluding hydrogens is 394 g/mol. The second-order valence-electron chi connectivity index (χ2n) is 6.68. The van der Waals surface area contributed by atoms with Gasteiger partial charge in [0.05, 0.1) is 4.90 Å². The lowest BCUT2D eigenvalue weighted by Gasteiger charge is -2.14. The van der Waals surface area contributed by atoms with E-state index >= 15 is 0 Å². The molecule has 0 aliphatic carbocycles. The van der Waals surface area contributed by atoms with Gasteiger partial charge >= 0.3 is 11.6 Å². The van der Waals surface area contributed by atoms with Gasteiger partial charge in [-0.3, -0.25) is 0 Å². The molecule has 0 saturated carbocycles. The summed E-state index contributed by atoms with van der Waals surface area (Å²) in [6, 6.07) is 11.3. The molecule has 3 rings (SSSR count). The van der Waals surface area contributed by atoms with Crippen molar-refractivity contribution in [3.05, 3.63) is 70.1 Å². The van der Waals surface area contributed by atoms with Crippen LogP contribution in [0.15, 0.2) is 62.6 Å². The summed E-state index contributed by atoms with van der Waals surface area (Å²) in [6.45, 7) is 5.16. The van der Waals surface area contributed by atoms with Crippen LogP contribution < -0.4 is 15.1 Å². The van der Waals surface area contributed by atoms with Crippen LogP contribution in [0.5, 0.6) is 5.75 Å². The zero-order valence-electron chi connectivity index (χ0n) is 16.3. The van der Waals surface area contributed by atoms with Gasteiger partial charge in [0.2, 0.25) is 10.0 Å². The summed E-state index contributed by atoms with van der Waals surface area (Å²) >= 11 is 0. The van der Waals surface area contributed by atoms with Crippen LogP contribution in [0.1, 0.15) is 25.0 Å². The molecule has 7 nitrogen and oxygen atoms in total. The number of fused-ring (bicyclic) bond motifs is 1. The van der Waals surface area contributed by atoms with Crippen molar-refractivity contribution in [2.45, 2.75) is 38.1 Å². The fourth-order valence-corrected chi connectivity index (χ4v) is 4.03. The molecule has 1 aromatic heterocycles. The maximum absolute atomic E-state index is 12.4. The number of sulfonamides is 1. The SMILES string of the molecule is CCc1cc(=O)oc2cc(OC(=O)[C@H](C)NS(=O)(=O)c3ccc(C)cc3)ccc12. The Morgan fingerprint density at radius 3 is 2.48 bits per heavy atom. The van der Waals surface area contributed by atoms with Gasteiger partial charge in [-0.1, -0.05) is 24.6 Å². The van der Waals surface area contributed by atoms with Gasteiger partial charge in [0.1, 0.15) is 17.4 Å². The number of benzene rings is 2. The van der Waals surface area contributed by atoms with Crippen LogP contribution in [0.3, 0.4) is 0 Å². The van der Waals surface area contributed by atoms with Crippen molar-refractivity contribution in [3.63, 3.8) is 0 Å². The summed E-state index contributed by atoms with van der Waals surface area (Å²) < 4.78 is 37.6. The Morgan fingerprint density at radius 1 is 1.14 bits per heavy atom. The van der Waals surface area contributed by atoms with E-state index in [-0.39, 0.29) is 10.6 Å². The van der Waals surface area contributed by atoms with E-state index in [1.165, 1.54) is 31.2 Å². The van der Waals surface area contributed by atoms with Gasteiger partial charge in [0.25, 0.3) is 0 Å². The standard InChI is InChI=1S/C21H21NO6S/c1-4-15-11-20(23)28-19-12-16(7-10-18(15)19)27-21(24)14(3)22-29(25,26)17-8-5-13(2)6-9-17/h5-12,14,22H,4H2,1-3H3/t14-/m0/s1. The van der Waals surface area contributed by atoms with Crippen LogP contribution in [0, 0.1) is 6.92 Å². The first-order chi connectivity index (χ1) is 13.7. The Balaban J connectivity index is 1.77. The predicted molar refractivity (Wildman–Crippen MR) is 108 cm³/mol. The molecule has 0 unspecified atom stereocenters. The average molecular weight is 415 g/mol. The van der Waals surface area contributed by atoms with Crippen molar-refractivity contribution in [1.29, 1.82) is 0 Å². The number of ether oxygens (including phenoxy) is 1. The molecule has 1 N–H and O–H groups in total. The largest absolute Gasteiger partial charge is 0.425 e. The van der Waals surface area contributed by atoms with Crippen molar-refractivity contribution in [1.82, 2.24) is 4.72 Å². The number of esters is 1. The smallest absolute Gasteiger partial charge is 0.336 e. The fraction of sp³-hybridized carbons (Fsp3) is 0.238. The van der Waals surface area contributed by atoms with E-state index in [0.29, 0.717) is 12.0 Å². The number of hydrogen-bond acceptors (Lipinski definition) is 6. The molecule has 0 saturated heterocycles. The van der Waals surface area contributed by atoms with E-state index in [1.54, 1.807) is 24.3 Å². The summed E-state index contributed by atoms with van der Waals surface area (Å²) in [4.78, 5) is 24.1. The average Bonchev–Trinajstić information content (AvgIpc) is 2.66. The minimum atomic E-state index is -3.87. The number of carbonyl (C=O) groups excluding carboxylic acids is 1. The first-order valence-electron chi connectivity index (χ1n) is 9.07. The van der Waals surface area contributed by atoms with Gasteiger partial charge in [-0.2, -0.15) is 4.72 Å². The molecule has 152 valence electrons. The quantitative estimate of drug-likeness (QED) is 0.377. The molecule has 0 bridgehead atoms. The van der Waals surface area contributed by atoms with Gasteiger partial charge in [0.15, 0.2) is 0 Å². The van der Waals surface area contributed by atoms with Gasteiger partial charge in [0, 0.05) is 17.5 Å². The molecule has 1 atom stereocenters. The lowest BCUT2D eigenvalue weighted by molar-refractivity contribution is -0.135. The third-order valence-corrected chi connectivity index (χ3v) is 5.97. The van der Waals surface area contributed by atoms with Gasteiger partial charge in [-0.05, 0) is 50.1 Å². The molecule has 8 heteroatoms. The van der Waals surface area contributed by atoms with Crippen LogP contribution >= 0.6 is 0 Å². The zero-order chi connectivity index (χ0) is 21.2. The Morgan fingerprint density at radius 2 is 1.83 bits per heavy atom. The number of hydrogen-bond donors (Lipinski definition) is 1. The highest BCUT2D eigenvalue weighted by atomic mass is 32.2. The molecule has 0 radical (unpaired) electrons.